The van der Waals surface area contributed by atoms with E-state index >= 15 is 0 Å². The van der Waals surface area contributed by atoms with Gasteiger partial charge in [-0.1, -0.05) is 0 Å². The highest BCUT2D eigenvalue weighted by Gasteiger charge is 2.09. The quantitative estimate of drug-likeness (QED) is 0.609. The van der Waals surface area contributed by atoms with Crippen LogP contribution in [0.3, 0.4) is 0 Å². The van der Waals surface area contributed by atoms with Gasteiger partial charge in [0.1, 0.15) is 5.56 Å². The highest BCUT2D eigenvalue weighted by atomic mass is 35.5. The molecule has 1 heterocycles. The molecule has 6 nitrogen and oxygen atoms in total. The van der Waals surface area contributed by atoms with Crippen LogP contribution >= 0.6 is 11.8 Å². The number of carboxylic acids is 1. The first-order valence-electron chi connectivity index (χ1n) is 2.78. The number of halogens is 1. The SMILES string of the molecule is O=C(O)c1cn(Cl)c(=O)[nH]c1=O. The molecule has 0 saturated carbocycles. The summed E-state index contributed by atoms with van der Waals surface area (Å²) < 4.78 is 0.463. The molecule has 1 aromatic heterocycles. The lowest BCUT2D eigenvalue weighted by Crippen LogP contribution is -2.30. The lowest BCUT2D eigenvalue weighted by molar-refractivity contribution is 0.0694. The van der Waals surface area contributed by atoms with Gasteiger partial charge in [0.25, 0.3) is 5.56 Å². The summed E-state index contributed by atoms with van der Waals surface area (Å²) in [5.74, 6) is -1.44. The largest absolute Gasteiger partial charge is 0.477 e. The van der Waals surface area contributed by atoms with E-state index in [0.29, 0.717) is 4.09 Å². The lowest BCUT2D eigenvalue weighted by Gasteiger charge is -1.93. The Hall–Kier alpha value is -1.56. The van der Waals surface area contributed by atoms with Crippen molar-refractivity contribution < 1.29 is 9.90 Å². The second-order valence-corrected chi connectivity index (χ2v) is 2.28. The van der Waals surface area contributed by atoms with Crippen LogP contribution in [0.2, 0.25) is 0 Å². The number of carboxylic acid groups (broad SMARTS) is 1. The molecule has 0 fully saturated rings. The number of rotatable bonds is 1. The van der Waals surface area contributed by atoms with Crippen LogP contribution in [0.15, 0.2) is 15.8 Å². The molecule has 64 valence electrons. The third kappa shape index (κ3) is 1.37. The van der Waals surface area contributed by atoms with Gasteiger partial charge in [0, 0.05) is 18.0 Å². The predicted octanol–water partition coefficient (Wildman–Crippen LogP) is -0.763. The molecule has 0 saturated heterocycles. The topological polar surface area (TPSA) is 92.2 Å². The highest BCUT2D eigenvalue weighted by Crippen LogP contribution is 1.88. The molecule has 0 aliphatic rings. The summed E-state index contributed by atoms with van der Waals surface area (Å²) in [6.45, 7) is 0. The number of hydrogen-bond acceptors (Lipinski definition) is 3. The number of aromatic nitrogens is 2. The zero-order valence-corrected chi connectivity index (χ0v) is 6.33. The molecule has 0 radical (unpaired) electrons. The van der Waals surface area contributed by atoms with Gasteiger partial charge in [-0.25, -0.2) is 13.7 Å². The van der Waals surface area contributed by atoms with Crippen LogP contribution in [0.25, 0.3) is 0 Å². The zero-order valence-electron chi connectivity index (χ0n) is 5.57. The Morgan fingerprint density at radius 2 is 2.17 bits per heavy atom. The average molecular weight is 191 g/mol. The van der Waals surface area contributed by atoms with Crippen LogP contribution in [0, 0.1) is 0 Å². The fourth-order valence-electron chi connectivity index (χ4n) is 0.601. The Kier molecular flexibility index (Phi) is 2.01. The van der Waals surface area contributed by atoms with Gasteiger partial charge in [0.15, 0.2) is 0 Å². The molecule has 0 atom stereocenters. The van der Waals surface area contributed by atoms with Crippen LogP contribution < -0.4 is 11.2 Å². The fraction of sp³-hybridized carbons (Fsp3) is 0. The molecule has 1 rings (SSSR count). The predicted molar refractivity (Wildman–Crippen MR) is 39.5 cm³/mol. The summed E-state index contributed by atoms with van der Waals surface area (Å²) >= 11 is 5.20. The Morgan fingerprint density at radius 1 is 1.58 bits per heavy atom. The van der Waals surface area contributed by atoms with Gasteiger partial charge >= 0.3 is 11.7 Å². The van der Waals surface area contributed by atoms with Crippen molar-refractivity contribution >= 4 is 17.7 Å². The highest BCUT2D eigenvalue weighted by molar-refractivity contribution is 6.15. The summed E-state index contributed by atoms with van der Waals surface area (Å²) in [4.78, 5) is 33.3. The van der Waals surface area contributed by atoms with Crippen molar-refractivity contribution in [1.82, 2.24) is 9.07 Å². The Labute approximate surface area is 70.1 Å². The molecule has 1 aromatic rings. The maximum absolute atomic E-state index is 10.7. The maximum Gasteiger partial charge on any atom is 0.343 e. The van der Waals surface area contributed by atoms with Crippen molar-refractivity contribution in [3.63, 3.8) is 0 Å². The van der Waals surface area contributed by atoms with Crippen molar-refractivity contribution in [3.05, 3.63) is 32.6 Å². The van der Waals surface area contributed by atoms with E-state index in [9.17, 15) is 14.4 Å². The molecular weight excluding hydrogens is 188 g/mol. The summed E-state index contributed by atoms with van der Waals surface area (Å²) in [6.07, 6.45) is 0.741. The molecule has 0 aliphatic carbocycles. The minimum atomic E-state index is -1.44. The maximum atomic E-state index is 10.7. The van der Waals surface area contributed by atoms with Gasteiger partial charge in [-0.2, -0.15) is 0 Å². The lowest BCUT2D eigenvalue weighted by atomic mass is 10.3. The van der Waals surface area contributed by atoms with Gasteiger partial charge in [-0.3, -0.25) is 9.78 Å². The van der Waals surface area contributed by atoms with E-state index in [1.807, 2.05) is 0 Å². The van der Waals surface area contributed by atoms with Crippen LogP contribution in [-0.4, -0.2) is 20.1 Å². The minimum absolute atomic E-state index is 0.463. The van der Waals surface area contributed by atoms with Crippen LogP contribution in [0.1, 0.15) is 10.4 Å². The van der Waals surface area contributed by atoms with Crippen molar-refractivity contribution in [2.75, 3.05) is 0 Å². The van der Waals surface area contributed by atoms with E-state index < -0.39 is 22.8 Å². The molecule has 7 heteroatoms. The van der Waals surface area contributed by atoms with Gasteiger partial charge < -0.3 is 5.11 Å². The molecule has 12 heavy (non-hydrogen) atoms. The third-order valence-electron chi connectivity index (χ3n) is 1.13. The van der Waals surface area contributed by atoms with Gasteiger partial charge in [-0.05, 0) is 0 Å². The molecule has 0 aromatic carbocycles. The second-order valence-electron chi connectivity index (χ2n) is 1.92. The number of nitrogens with zero attached hydrogens (tertiary/aromatic N) is 1. The summed E-state index contributed by atoms with van der Waals surface area (Å²) in [7, 11) is 0. The van der Waals surface area contributed by atoms with E-state index in [1.54, 1.807) is 4.98 Å². The van der Waals surface area contributed by atoms with Crippen LogP contribution in [-0.2, 0) is 0 Å². The van der Waals surface area contributed by atoms with E-state index in [4.69, 9.17) is 16.9 Å². The van der Waals surface area contributed by atoms with Gasteiger partial charge in [0.2, 0.25) is 0 Å². The van der Waals surface area contributed by atoms with E-state index in [0.717, 1.165) is 6.20 Å². The van der Waals surface area contributed by atoms with E-state index in [2.05, 4.69) is 0 Å². The standard InChI is InChI=1S/C5H3ClN2O4/c6-8-1-2(4(10)11)3(9)7-5(8)12/h1H,(H,10,11)(H,7,9,12). The molecule has 0 amide bonds. The number of carbonyl (C=O) groups is 1. The molecule has 0 unspecified atom stereocenters. The number of H-pyrrole nitrogens is 1. The summed E-state index contributed by atoms with van der Waals surface area (Å²) in [5, 5.41) is 8.39. The average Bonchev–Trinajstić information content (AvgIpc) is 1.96. The van der Waals surface area contributed by atoms with Gasteiger partial charge in [0.05, 0.1) is 0 Å². The minimum Gasteiger partial charge on any atom is -0.477 e. The summed E-state index contributed by atoms with van der Waals surface area (Å²) in [6, 6.07) is 0. The summed E-state index contributed by atoms with van der Waals surface area (Å²) in [5.41, 5.74) is -2.42. The number of hydrogen-bond donors (Lipinski definition) is 2. The van der Waals surface area contributed by atoms with Crippen molar-refractivity contribution in [2.45, 2.75) is 0 Å². The number of nitrogens with one attached hydrogen (secondary N) is 1. The fourth-order valence-corrected chi connectivity index (χ4v) is 0.741. The number of aromatic amines is 1. The Balaban J connectivity index is 3.54. The number of aromatic carboxylic acids is 1. The third-order valence-corrected chi connectivity index (χ3v) is 1.38. The first-order chi connectivity index (χ1) is 5.52. The molecule has 0 spiro atoms. The van der Waals surface area contributed by atoms with Crippen molar-refractivity contribution in [3.8, 4) is 0 Å². The van der Waals surface area contributed by atoms with Crippen molar-refractivity contribution in [1.29, 1.82) is 0 Å². The van der Waals surface area contributed by atoms with Gasteiger partial charge in [-0.15, -0.1) is 0 Å². The Bertz CT molecular complexity index is 432. The van der Waals surface area contributed by atoms with E-state index in [1.165, 1.54) is 0 Å². The first kappa shape index (κ1) is 8.54. The molecule has 0 aliphatic heterocycles. The smallest absolute Gasteiger partial charge is 0.343 e. The molecular formula is C5H3ClN2O4. The van der Waals surface area contributed by atoms with E-state index in [-0.39, 0.29) is 0 Å². The van der Waals surface area contributed by atoms with Crippen LogP contribution in [0.4, 0.5) is 0 Å². The van der Waals surface area contributed by atoms with Crippen molar-refractivity contribution in [2.24, 2.45) is 0 Å². The Morgan fingerprint density at radius 3 is 2.67 bits per heavy atom. The zero-order chi connectivity index (χ0) is 9.30. The monoisotopic (exact) mass is 190 g/mol. The first-order valence-corrected chi connectivity index (χ1v) is 3.11. The molecule has 2 N–H and O–H groups in total. The van der Waals surface area contributed by atoms with Crippen LogP contribution in [0.5, 0.6) is 0 Å². The normalized spacial score (nSPS) is 9.75. The second kappa shape index (κ2) is 2.82. The molecule has 0 bridgehead atoms.